The molecule has 198 valence electrons. The second-order valence-corrected chi connectivity index (χ2v) is 8.92. The number of benzene rings is 2. The van der Waals surface area contributed by atoms with Crippen LogP contribution < -0.4 is 9.64 Å². The van der Waals surface area contributed by atoms with Gasteiger partial charge in [-0.1, -0.05) is 0 Å². The summed E-state index contributed by atoms with van der Waals surface area (Å²) in [5, 5.41) is 9.34. The third kappa shape index (κ3) is 4.42. The lowest BCUT2D eigenvalue weighted by molar-refractivity contribution is -0.193. The van der Waals surface area contributed by atoms with Gasteiger partial charge in [0, 0.05) is 29.7 Å². The van der Waals surface area contributed by atoms with E-state index in [1.807, 2.05) is 0 Å². The molecule has 0 aliphatic carbocycles. The summed E-state index contributed by atoms with van der Waals surface area (Å²) in [6, 6.07) is -0.929. The standard InChI is InChI=1S/C21H12F8N2O5S/c22-8-4-11-9(3-7(8)13-14(23)16(25)18(27)17(26)15(13)24)31(20(35)21(28,29)36-11)5-12(32)30-1-2-37-6-10(30)19(33)34/h3-4,10H,1-2,5-6H2,(H,33,34)/t10-/m1/s1. The molecular formula is C21H12F8N2O5S. The Bertz CT molecular complexity index is 1310. The molecule has 1 saturated heterocycles. The lowest BCUT2D eigenvalue weighted by Gasteiger charge is -2.37. The molecule has 2 amide bonds. The number of anilines is 1. The molecule has 0 radical (unpaired) electrons. The third-order valence-electron chi connectivity index (χ3n) is 5.58. The fraction of sp³-hybridized carbons (Fsp3) is 0.286. The van der Waals surface area contributed by atoms with Crippen LogP contribution in [-0.4, -0.2) is 64.5 Å². The molecular weight excluding hydrogens is 544 g/mol. The first-order chi connectivity index (χ1) is 17.3. The number of carbonyl (C=O) groups excluding carboxylic acids is 2. The summed E-state index contributed by atoms with van der Waals surface area (Å²) in [7, 11) is 0. The van der Waals surface area contributed by atoms with Crippen LogP contribution in [0.2, 0.25) is 0 Å². The molecule has 4 rings (SSSR count). The van der Waals surface area contributed by atoms with Gasteiger partial charge in [-0.3, -0.25) is 14.5 Å². The SMILES string of the molecule is O=C(O)[C@H]1CSCCN1C(=O)CN1C(=O)C(F)(F)Oc2cc(F)c(-c3c(F)c(F)c(F)c(F)c3F)cc21. The van der Waals surface area contributed by atoms with E-state index in [2.05, 4.69) is 4.74 Å². The van der Waals surface area contributed by atoms with Crippen LogP contribution in [0.1, 0.15) is 0 Å². The molecule has 16 heteroatoms. The highest BCUT2D eigenvalue weighted by Gasteiger charge is 2.52. The summed E-state index contributed by atoms with van der Waals surface area (Å²) >= 11 is 1.20. The molecule has 0 aromatic heterocycles. The zero-order valence-electron chi connectivity index (χ0n) is 18.0. The number of alkyl halides is 2. The van der Waals surface area contributed by atoms with Crippen molar-refractivity contribution in [3.63, 3.8) is 0 Å². The summed E-state index contributed by atoms with van der Waals surface area (Å²) < 4.78 is 117. The monoisotopic (exact) mass is 556 g/mol. The number of aliphatic carboxylic acids is 1. The molecule has 0 bridgehead atoms. The van der Waals surface area contributed by atoms with E-state index in [0.29, 0.717) is 6.07 Å². The summed E-state index contributed by atoms with van der Waals surface area (Å²) in [6.07, 6.45) is -4.64. The number of nitrogens with zero attached hydrogens (tertiary/aromatic N) is 2. The maximum Gasteiger partial charge on any atom is 0.482 e. The van der Waals surface area contributed by atoms with Gasteiger partial charge in [-0.15, -0.1) is 0 Å². The first kappa shape index (κ1) is 26.5. The summed E-state index contributed by atoms with van der Waals surface area (Å²) in [5.41, 5.74) is -3.93. The Morgan fingerprint density at radius 2 is 1.62 bits per heavy atom. The van der Waals surface area contributed by atoms with Gasteiger partial charge in [0.15, 0.2) is 29.0 Å². The first-order valence-electron chi connectivity index (χ1n) is 10.1. The van der Waals surface area contributed by atoms with Gasteiger partial charge in [0.1, 0.15) is 18.4 Å². The Morgan fingerprint density at radius 3 is 2.22 bits per heavy atom. The van der Waals surface area contributed by atoms with E-state index in [-0.39, 0.29) is 29.0 Å². The second-order valence-electron chi connectivity index (χ2n) is 7.77. The number of fused-ring (bicyclic) bond motifs is 1. The highest BCUT2D eigenvalue weighted by atomic mass is 32.2. The van der Waals surface area contributed by atoms with Crippen molar-refractivity contribution in [2.45, 2.75) is 12.2 Å². The molecule has 7 nitrogen and oxygen atoms in total. The van der Waals surface area contributed by atoms with Crippen LogP contribution in [0.25, 0.3) is 11.1 Å². The van der Waals surface area contributed by atoms with Crippen molar-refractivity contribution in [1.29, 1.82) is 0 Å². The minimum Gasteiger partial charge on any atom is -0.480 e. The van der Waals surface area contributed by atoms with Crippen LogP contribution in [0.4, 0.5) is 40.8 Å². The van der Waals surface area contributed by atoms with Crippen molar-refractivity contribution in [2.75, 3.05) is 29.5 Å². The average Bonchev–Trinajstić information content (AvgIpc) is 2.84. The lowest BCUT2D eigenvalue weighted by Crippen LogP contribution is -2.57. The summed E-state index contributed by atoms with van der Waals surface area (Å²) in [4.78, 5) is 37.6. The number of carboxylic acid groups (broad SMARTS) is 1. The number of thioether (sulfide) groups is 1. The Hall–Kier alpha value is -3.56. The van der Waals surface area contributed by atoms with Crippen LogP contribution >= 0.6 is 11.8 Å². The van der Waals surface area contributed by atoms with E-state index < -0.39 is 93.9 Å². The van der Waals surface area contributed by atoms with Gasteiger partial charge in [0.25, 0.3) is 0 Å². The normalized spacial score (nSPS) is 18.9. The van der Waals surface area contributed by atoms with E-state index in [9.17, 15) is 54.6 Å². The number of carbonyl (C=O) groups is 3. The Morgan fingerprint density at radius 1 is 1.03 bits per heavy atom. The fourth-order valence-corrected chi connectivity index (χ4v) is 4.85. The highest BCUT2D eigenvalue weighted by Crippen LogP contribution is 2.44. The van der Waals surface area contributed by atoms with E-state index in [1.54, 1.807) is 0 Å². The Balaban J connectivity index is 1.83. The minimum absolute atomic E-state index is 0.0412. The van der Waals surface area contributed by atoms with Crippen molar-refractivity contribution >= 4 is 35.2 Å². The van der Waals surface area contributed by atoms with Gasteiger partial charge in [0.2, 0.25) is 11.7 Å². The van der Waals surface area contributed by atoms with Crippen molar-refractivity contribution in [3.8, 4) is 16.9 Å². The predicted molar refractivity (Wildman–Crippen MR) is 110 cm³/mol. The topological polar surface area (TPSA) is 87.2 Å². The Labute approximate surface area is 205 Å². The van der Waals surface area contributed by atoms with E-state index in [4.69, 9.17) is 0 Å². The van der Waals surface area contributed by atoms with Crippen LogP contribution in [0.15, 0.2) is 12.1 Å². The number of carboxylic acids is 1. The largest absolute Gasteiger partial charge is 0.482 e. The lowest BCUT2D eigenvalue weighted by atomic mass is 10.0. The molecule has 37 heavy (non-hydrogen) atoms. The maximum atomic E-state index is 14.7. The molecule has 2 aliphatic rings. The van der Waals surface area contributed by atoms with E-state index >= 15 is 0 Å². The maximum absolute atomic E-state index is 14.7. The fourth-order valence-electron chi connectivity index (χ4n) is 3.81. The van der Waals surface area contributed by atoms with E-state index in [1.165, 1.54) is 11.8 Å². The average molecular weight is 556 g/mol. The van der Waals surface area contributed by atoms with Gasteiger partial charge in [0.05, 0.1) is 11.3 Å². The molecule has 2 heterocycles. The van der Waals surface area contributed by atoms with Crippen LogP contribution in [0.5, 0.6) is 5.75 Å². The molecule has 1 N–H and O–H groups in total. The van der Waals surface area contributed by atoms with Gasteiger partial charge < -0.3 is 14.7 Å². The van der Waals surface area contributed by atoms with Crippen molar-refractivity contribution < 1.29 is 59.4 Å². The molecule has 0 saturated carbocycles. The van der Waals surface area contributed by atoms with Gasteiger partial charge in [-0.2, -0.15) is 20.5 Å². The molecule has 0 unspecified atom stereocenters. The third-order valence-corrected chi connectivity index (χ3v) is 6.60. The van der Waals surface area contributed by atoms with Crippen molar-refractivity contribution in [3.05, 3.63) is 47.0 Å². The zero-order valence-corrected chi connectivity index (χ0v) is 18.8. The number of amides is 2. The zero-order chi connectivity index (χ0) is 27.4. The second kappa shape index (κ2) is 9.39. The van der Waals surface area contributed by atoms with Gasteiger partial charge in [-0.25, -0.2) is 31.1 Å². The highest BCUT2D eigenvalue weighted by molar-refractivity contribution is 7.99. The molecule has 1 atom stereocenters. The van der Waals surface area contributed by atoms with Gasteiger partial charge >= 0.3 is 18.0 Å². The summed E-state index contributed by atoms with van der Waals surface area (Å²) in [5.74, 6) is -19.6. The molecule has 1 fully saturated rings. The number of ether oxygens (including phenoxy) is 1. The van der Waals surface area contributed by atoms with Crippen LogP contribution in [0.3, 0.4) is 0 Å². The molecule has 2 aromatic rings. The molecule has 0 spiro atoms. The predicted octanol–water partition coefficient (Wildman–Crippen LogP) is 3.54. The van der Waals surface area contributed by atoms with E-state index in [0.717, 1.165) is 4.90 Å². The molecule has 2 aromatic carbocycles. The van der Waals surface area contributed by atoms with Crippen molar-refractivity contribution in [2.24, 2.45) is 0 Å². The number of rotatable bonds is 4. The van der Waals surface area contributed by atoms with Crippen LogP contribution in [0, 0.1) is 34.9 Å². The minimum atomic E-state index is -4.64. The van der Waals surface area contributed by atoms with Crippen LogP contribution in [-0.2, 0) is 14.4 Å². The summed E-state index contributed by atoms with van der Waals surface area (Å²) in [6.45, 7) is -1.36. The number of halogens is 8. The van der Waals surface area contributed by atoms with Crippen molar-refractivity contribution in [1.82, 2.24) is 4.90 Å². The molecule has 2 aliphatic heterocycles. The quantitative estimate of drug-likeness (QED) is 0.353. The number of hydrogen-bond donors (Lipinski definition) is 1. The van der Waals surface area contributed by atoms with Gasteiger partial charge in [-0.05, 0) is 6.07 Å². The first-order valence-corrected chi connectivity index (χ1v) is 11.3. The number of hydrogen-bond acceptors (Lipinski definition) is 5. The Kier molecular flexibility index (Phi) is 6.73. The smallest absolute Gasteiger partial charge is 0.480 e.